The van der Waals surface area contributed by atoms with Crippen molar-refractivity contribution in [3.05, 3.63) is 0 Å². The van der Waals surface area contributed by atoms with Gasteiger partial charge in [0.15, 0.2) is 0 Å². The molecule has 0 amide bonds. The van der Waals surface area contributed by atoms with Crippen LogP contribution in [0.5, 0.6) is 0 Å². The maximum atomic E-state index is 12.1. The molecule has 0 aromatic heterocycles. The van der Waals surface area contributed by atoms with Crippen molar-refractivity contribution in [3.8, 4) is 0 Å². The van der Waals surface area contributed by atoms with Crippen LogP contribution in [0.3, 0.4) is 0 Å². The zero-order chi connectivity index (χ0) is 7.78. The zero-order valence-electron chi connectivity index (χ0n) is 5.68. The molecule has 1 aliphatic rings. The molecule has 10 heavy (non-hydrogen) atoms. The lowest BCUT2D eigenvalue weighted by molar-refractivity contribution is -0.0909. The third-order valence-corrected chi connectivity index (χ3v) is 3.30. The number of thioether (sulfide) groups is 1. The summed E-state index contributed by atoms with van der Waals surface area (Å²) in [6.45, 7) is 1.64. The first kappa shape index (κ1) is 8.27. The SMILES string of the molecule is CC1SCCC1(O)C(F)F. The van der Waals surface area contributed by atoms with Crippen LogP contribution in [0.15, 0.2) is 0 Å². The second-order valence-electron chi connectivity index (χ2n) is 2.55. The van der Waals surface area contributed by atoms with Gasteiger partial charge in [0, 0.05) is 5.25 Å². The van der Waals surface area contributed by atoms with Gasteiger partial charge in [-0.3, -0.25) is 0 Å². The average Bonchev–Trinajstić information content (AvgIpc) is 2.15. The first-order valence-corrected chi connectivity index (χ1v) is 4.24. The van der Waals surface area contributed by atoms with Crippen LogP contribution in [-0.4, -0.2) is 28.1 Å². The highest BCUT2D eigenvalue weighted by Crippen LogP contribution is 2.39. The predicted molar refractivity (Wildman–Crippen MR) is 37.5 cm³/mol. The van der Waals surface area contributed by atoms with Gasteiger partial charge >= 0.3 is 0 Å². The van der Waals surface area contributed by atoms with E-state index in [0.29, 0.717) is 5.75 Å². The molecule has 1 nitrogen and oxygen atoms in total. The minimum Gasteiger partial charge on any atom is -0.383 e. The zero-order valence-corrected chi connectivity index (χ0v) is 6.50. The van der Waals surface area contributed by atoms with Gasteiger partial charge in [0.05, 0.1) is 0 Å². The Bertz CT molecular complexity index is 131. The largest absolute Gasteiger partial charge is 0.383 e. The summed E-state index contributed by atoms with van der Waals surface area (Å²) in [7, 11) is 0. The number of rotatable bonds is 1. The molecule has 2 atom stereocenters. The summed E-state index contributed by atoms with van der Waals surface area (Å²) in [5.41, 5.74) is -1.72. The van der Waals surface area contributed by atoms with Crippen molar-refractivity contribution in [2.75, 3.05) is 5.75 Å². The van der Waals surface area contributed by atoms with E-state index in [0.717, 1.165) is 0 Å². The average molecular weight is 168 g/mol. The molecule has 1 aliphatic heterocycles. The summed E-state index contributed by atoms with van der Waals surface area (Å²) in [6.07, 6.45) is -2.38. The Morgan fingerprint density at radius 3 is 2.50 bits per heavy atom. The Morgan fingerprint density at radius 2 is 2.30 bits per heavy atom. The van der Waals surface area contributed by atoms with E-state index in [9.17, 15) is 13.9 Å². The minimum atomic E-state index is -2.60. The molecule has 0 saturated carbocycles. The van der Waals surface area contributed by atoms with E-state index in [1.807, 2.05) is 0 Å². The number of hydrogen-bond acceptors (Lipinski definition) is 2. The van der Waals surface area contributed by atoms with Crippen LogP contribution in [0.25, 0.3) is 0 Å². The number of alkyl halides is 2. The van der Waals surface area contributed by atoms with Crippen molar-refractivity contribution >= 4 is 11.8 Å². The molecule has 0 spiro atoms. The summed E-state index contributed by atoms with van der Waals surface area (Å²) >= 11 is 1.40. The van der Waals surface area contributed by atoms with Crippen LogP contribution < -0.4 is 0 Å². The van der Waals surface area contributed by atoms with E-state index in [1.54, 1.807) is 6.92 Å². The molecular formula is C6H10F2OS. The summed E-state index contributed by atoms with van der Waals surface area (Å²) < 4.78 is 24.2. The molecule has 2 unspecified atom stereocenters. The molecule has 1 heterocycles. The van der Waals surface area contributed by atoms with Gasteiger partial charge in [0.25, 0.3) is 6.43 Å². The highest BCUT2D eigenvalue weighted by Gasteiger charge is 2.46. The molecule has 1 N–H and O–H groups in total. The maximum absolute atomic E-state index is 12.1. The Kier molecular flexibility index (Phi) is 2.20. The topological polar surface area (TPSA) is 20.2 Å². The molecule has 0 bridgehead atoms. The summed E-state index contributed by atoms with van der Waals surface area (Å²) in [5.74, 6) is 0.641. The van der Waals surface area contributed by atoms with E-state index in [2.05, 4.69) is 0 Å². The van der Waals surface area contributed by atoms with Crippen LogP contribution in [-0.2, 0) is 0 Å². The van der Waals surface area contributed by atoms with Crippen LogP contribution in [0.4, 0.5) is 8.78 Å². The number of aliphatic hydroxyl groups is 1. The molecule has 60 valence electrons. The fourth-order valence-electron chi connectivity index (χ4n) is 1.03. The van der Waals surface area contributed by atoms with Gasteiger partial charge < -0.3 is 5.11 Å². The molecule has 0 aromatic rings. The molecule has 1 fully saturated rings. The third-order valence-electron chi connectivity index (χ3n) is 1.95. The quantitative estimate of drug-likeness (QED) is 0.640. The van der Waals surface area contributed by atoms with E-state index < -0.39 is 12.0 Å². The number of hydrogen-bond donors (Lipinski definition) is 1. The lowest BCUT2D eigenvalue weighted by Gasteiger charge is -2.25. The molecule has 1 rings (SSSR count). The molecule has 0 aliphatic carbocycles. The normalized spacial score (nSPS) is 41.1. The Morgan fingerprint density at radius 1 is 1.70 bits per heavy atom. The second kappa shape index (κ2) is 2.66. The van der Waals surface area contributed by atoms with Crippen molar-refractivity contribution in [2.24, 2.45) is 0 Å². The fourth-order valence-corrected chi connectivity index (χ4v) is 2.34. The van der Waals surface area contributed by atoms with E-state index in [4.69, 9.17) is 0 Å². The molecule has 4 heteroatoms. The van der Waals surface area contributed by atoms with Crippen molar-refractivity contribution in [1.82, 2.24) is 0 Å². The van der Waals surface area contributed by atoms with Gasteiger partial charge in [-0.1, -0.05) is 6.92 Å². The first-order chi connectivity index (χ1) is 4.57. The van der Waals surface area contributed by atoms with E-state index in [-0.39, 0.29) is 11.7 Å². The predicted octanol–water partition coefficient (Wildman–Crippen LogP) is 1.51. The lowest BCUT2D eigenvalue weighted by atomic mass is 9.98. The van der Waals surface area contributed by atoms with Crippen molar-refractivity contribution in [1.29, 1.82) is 0 Å². The van der Waals surface area contributed by atoms with Crippen LogP contribution in [0, 0.1) is 0 Å². The van der Waals surface area contributed by atoms with E-state index in [1.165, 1.54) is 11.8 Å². The van der Waals surface area contributed by atoms with Gasteiger partial charge in [-0.2, -0.15) is 11.8 Å². The Labute approximate surface area is 62.8 Å². The van der Waals surface area contributed by atoms with Gasteiger partial charge in [-0.25, -0.2) is 8.78 Å². The fraction of sp³-hybridized carbons (Fsp3) is 1.00. The second-order valence-corrected chi connectivity index (χ2v) is 4.00. The lowest BCUT2D eigenvalue weighted by Crippen LogP contribution is -2.42. The molecular weight excluding hydrogens is 158 g/mol. The third kappa shape index (κ3) is 1.14. The Hall–Kier alpha value is 0.170. The monoisotopic (exact) mass is 168 g/mol. The van der Waals surface area contributed by atoms with Crippen molar-refractivity contribution < 1.29 is 13.9 Å². The molecule has 0 aromatic carbocycles. The maximum Gasteiger partial charge on any atom is 0.267 e. The van der Waals surface area contributed by atoms with Crippen LogP contribution in [0.2, 0.25) is 0 Å². The highest BCUT2D eigenvalue weighted by molar-refractivity contribution is 8.00. The van der Waals surface area contributed by atoms with Gasteiger partial charge in [0.2, 0.25) is 0 Å². The summed E-state index contributed by atoms with van der Waals surface area (Å²) in [5, 5.41) is 8.94. The van der Waals surface area contributed by atoms with Gasteiger partial charge in [-0.05, 0) is 12.2 Å². The number of halogens is 2. The molecule has 0 radical (unpaired) electrons. The summed E-state index contributed by atoms with van der Waals surface area (Å²) in [4.78, 5) is 0. The first-order valence-electron chi connectivity index (χ1n) is 3.19. The minimum absolute atomic E-state index is 0.219. The standard InChI is InChI=1S/C6H10F2OS/c1-4-6(9,5(7)8)2-3-10-4/h4-5,9H,2-3H2,1H3. The van der Waals surface area contributed by atoms with Crippen LogP contribution in [0.1, 0.15) is 13.3 Å². The Balaban J connectivity index is 2.66. The smallest absolute Gasteiger partial charge is 0.267 e. The summed E-state index contributed by atoms with van der Waals surface area (Å²) in [6, 6.07) is 0. The molecule has 1 saturated heterocycles. The highest BCUT2D eigenvalue weighted by atomic mass is 32.2. The van der Waals surface area contributed by atoms with Crippen molar-refractivity contribution in [3.63, 3.8) is 0 Å². The van der Waals surface area contributed by atoms with E-state index >= 15 is 0 Å². The van der Waals surface area contributed by atoms with Crippen molar-refractivity contribution in [2.45, 2.75) is 30.6 Å². The van der Waals surface area contributed by atoms with Gasteiger partial charge in [-0.15, -0.1) is 0 Å². The van der Waals surface area contributed by atoms with Gasteiger partial charge in [0.1, 0.15) is 5.60 Å². The van der Waals surface area contributed by atoms with Crippen LogP contribution >= 0.6 is 11.8 Å².